The first kappa shape index (κ1) is 22.8. The summed E-state index contributed by atoms with van der Waals surface area (Å²) in [5, 5.41) is 5.27. The molecule has 0 bridgehead atoms. The van der Waals surface area contributed by atoms with Crippen molar-refractivity contribution in [3.05, 3.63) is 163 Å². The van der Waals surface area contributed by atoms with Gasteiger partial charge in [-0.05, 0) is 97.7 Å². The zero-order chi connectivity index (χ0) is 26.5. The van der Waals surface area contributed by atoms with Gasteiger partial charge in [-0.1, -0.05) is 115 Å². The smallest absolute Gasteiger partial charge is 0.0468 e. The topological polar surface area (TPSA) is 3.24 Å². The van der Waals surface area contributed by atoms with Gasteiger partial charge in [0.15, 0.2) is 0 Å². The van der Waals surface area contributed by atoms with Crippen LogP contribution < -0.4 is 4.90 Å². The Morgan fingerprint density at radius 3 is 1.88 bits per heavy atom. The second-order valence-corrected chi connectivity index (χ2v) is 10.6. The minimum atomic E-state index is 0.994. The molecule has 0 aliphatic heterocycles. The van der Waals surface area contributed by atoms with Gasteiger partial charge in [-0.15, -0.1) is 0 Å². The van der Waals surface area contributed by atoms with Crippen LogP contribution in [-0.2, 0) is 6.42 Å². The molecule has 1 nitrogen and oxygen atoms in total. The molecule has 0 saturated heterocycles. The highest BCUT2D eigenvalue weighted by Gasteiger charge is 2.21. The molecule has 8 rings (SSSR count). The fourth-order valence-corrected chi connectivity index (χ4v) is 6.38. The van der Waals surface area contributed by atoms with Crippen LogP contribution in [0.4, 0.5) is 17.1 Å². The maximum atomic E-state index is 2.35. The minimum Gasteiger partial charge on any atom is -0.310 e. The lowest BCUT2D eigenvalue weighted by molar-refractivity contribution is 1.28. The van der Waals surface area contributed by atoms with Crippen molar-refractivity contribution in [2.75, 3.05) is 4.90 Å². The normalized spacial score (nSPS) is 11.9. The van der Waals surface area contributed by atoms with Crippen LogP contribution in [0.2, 0.25) is 0 Å². The summed E-state index contributed by atoms with van der Waals surface area (Å²) in [5.74, 6) is 0. The molecule has 1 heteroatoms. The van der Waals surface area contributed by atoms with E-state index in [0.29, 0.717) is 0 Å². The number of para-hydroxylation sites is 1. The van der Waals surface area contributed by atoms with Gasteiger partial charge in [0, 0.05) is 17.1 Å². The van der Waals surface area contributed by atoms with Crippen molar-refractivity contribution < 1.29 is 0 Å². The van der Waals surface area contributed by atoms with Crippen LogP contribution >= 0.6 is 0 Å². The summed E-state index contributed by atoms with van der Waals surface area (Å²) < 4.78 is 0. The standard InChI is InChI=1S/C39H27N/c1-3-9-27(10-4-1)28-17-20-33(21-18-28)40(32-12-5-2-6-13-32)34-22-24-36-31(25-34)16-15-29-19-23-37-35-14-8-7-11-30(35)26-38(37)39(29)36/h1-25H,26H2. The second kappa shape index (κ2) is 9.25. The third-order valence-electron chi connectivity index (χ3n) is 8.27. The van der Waals surface area contributed by atoms with Crippen molar-refractivity contribution >= 4 is 38.6 Å². The molecule has 7 aromatic carbocycles. The van der Waals surface area contributed by atoms with E-state index in [1.165, 1.54) is 54.9 Å². The van der Waals surface area contributed by atoms with Crippen molar-refractivity contribution in [1.82, 2.24) is 0 Å². The van der Waals surface area contributed by atoms with Crippen LogP contribution in [0.3, 0.4) is 0 Å². The highest BCUT2D eigenvalue weighted by Crippen LogP contribution is 2.44. The number of anilines is 3. The molecule has 0 heterocycles. The molecule has 1 aliphatic carbocycles. The highest BCUT2D eigenvalue weighted by molar-refractivity contribution is 6.12. The van der Waals surface area contributed by atoms with Gasteiger partial charge in [-0.25, -0.2) is 0 Å². The summed E-state index contributed by atoms with van der Waals surface area (Å²) in [6.45, 7) is 0. The molecule has 40 heavy (non-hydrogen) atoms. The monoisotopic (exact) mass is 509 g/mol. The molecule has 0 spiro atoms. The Balaban J connectivity index is 1.27. The Kier molecular flexibility index (Phi) is 5.28. The summed E-state index contributed by atoms with van der Waals surface area (Å²) in [7, 11) is 0. The average molecular weight is 510 g/mol. The predicted molar refractivity (Wildman–Crippen MR) is 170 cm³/mol. The molecule has 0 radical (unpaired) electrons. The molecule has 0 amide bonds. The van der Waals surface area contributed by atoms with E-state index in [9.17, 15) is 0 Å². The van der Waals surface area contributed by atoms with Gasteiger partial charge in [0.25, 0.3) is 0 Å². The molecule has 0 fully saturated rings. The lowest BCUT2D eigenvalue weighted by atomic mass is 9.94. The predicted octanol–water partition coefficient (Wildman–Crippen LogP) is 10.7. The summed E-state index contributed by atoms with van der Waals surface area (Å²) >= 11 is 0. The maximum absolute atomic E-state index is 2.35. The van der Waals surface area contributed by atoms with Crippen LogP contribution in [0.25, 0.3) is 43.8 Å². The van der Waals surface area contributed by atoms with Crippen molar-refractivity contribution in [3.63, 3.8) is 0 Å². The molecule has 0 N–H and O–H groups in total. The summed E-state index contributed by atoms with van der Waals surface area (Å²) in [4.78, 5) is 2.35. The van der Waals surface area contributed by atoms with Crippen LogP contribution in [0.15, 0.2) is 152 Å². The number of rotatable bonds is 4. The van der Waals surface area contributed by atoms with Gasteiger partial charge in [0.1, 0.15) is 0 Å². The molecular formula is C39H27N. The number of hydrogen-bond donors (Lipinski definition) is 0. The molecule has 1 aliphatic rings. The number of nitrogens with zero attached hydrogens (tertiary/aromatic N) is 1. The molecule has 0 saturated carbocycles. The summed E-state index contributed by atoms with van der Waals surface area (Å²) in [5.41, 5.74) is 11.5. The molecule has 0 unspecified atom stereocenters. The van der Waals surface area contributed by atoms with Gasteiger partial charge < -0.3 is 4.90 Å². The highest BCUT2D eigenvalue weighted by atomic mass is 15.1. The number of fused-ring (bicyclic) bond motifs is 7. The van der Waals surface area contributed by atoms with Crippen molar-refractivity contribution in [1.29, 1.82) is 0 Å². The molecule has 188 valence electrons. The van der Waals surface area contributed by atoms with Crippen LogP contribution in [0, 0.1) is 0 Å². The minimum absolute atomic E-state index is 0.994. The maximum Gasteiger partial charge on any atom is 0.0468 e. The van der Waals surface area contributed by atoms with Gasteiger partial charge in [0.05, 0.1) is 0 Å². The first-order valence-electron chi connectivity index (χ1n) is 13.9. The Morgan fingerprint density at radius 2 is 1.05 bits per heavy atom. The molecule has 7 aromatic rings. The summed E-state index contributed by atoms with van der Waals surface area (Å²) in [6, 6.07) is 55.0. The first-order chi connectivity index (χ1) is 19.8. The van der Waals surface area contributed by atoms with E-state index in [-0.39, 0.29) is 0 Å². The largest absolute Gasteiger partial charge is 0.310 e. The number of benzene rings is 7. The lowest BCUT2D eigenvalue weighted by Crippen LogP contribution is -2.09. The Hall–Kier alpha value is -5.14. The van der Waals surface area contributed by atoms with E-state index in [4.69, 9.17) is 0 Å². The second-order valence-electron chi connectivity index (χ2n) is 10.6. The quantitative estimate of drug-likeness (QED) is 0.213. The van der Waals surface area contributed by atoms with Gasteiger partial charge in [0.2, 0.25) is 0 Å². The Labute approximate surface area is 234 Å². The lowest BCUT2D eigenvalue weighted by Gasteiger charge is -2.26. The molecule has 0 aromatic heterocycles. The van der Waals surface area contributed by atoms with Crippen LogP contribution in [0.5, 0.6) is 0 Å². The van der Waals surface area contributed by atoms with E-state index in [1.807, 2.05) is 0 Å². The molecule has 0 atom stereocenters. The number of hydrogen-bond acceptors (Lipinski definition) is 1. The zero-order valence-electron chi connectivity index (χ0n) is 22.1. The average Bonchev–Trinajstić information content (AvgIpc) is 3.41. The van der Waals surface area contributed by atoms with Crippen LogP contribution in [0.1, 0.15) is 11.1 Å². The van der Waals surface area contributed by atoms with E-state index >= 15 is 0 Å². The van der Waals surface area contributed by atoms with E-state index in [1.54, 1.807) is 0 Å². The SMILES string of the molecule is c1ccc(-c2ccc(N(c3ccccc3)c3ccc4c(ccc5ccc6c(c54)Cc4ccccc4-6)c3)cc2)cc1. The third kappa shape index (κ3) is 3.71. The van der Waals surface area contributed by atoms with Crippen LogP contribution in [-0.4, -0.2) is 0 Å². The Morgan fingerprint density at radius 1 is 0.425 bits per heavy atom. The first-order valence-corrected chi connectivity index (χ1v) is 13.9. The van der Waals surface area contributed by atoms with E-state index in [2.05, 4.69) is 157 Å². The van der Waals surface area contributed by atoms with E-state index in [0.717, 1.165) is 23.5 Å². The fourth-order valence-electron chi connectivity index (χ4n) is 6.38. The van der Waals surface area contributed by atoms with Crippen molar-refractivity contribution in [2.24, 2.45) is 0 Å². The Bertz CT molecular complexity index is 2010. The van der Waals surface area contributed by atoms with Crippen molar-refractivity contribution in [2.45, 2.75) is 6.42 Å². The van der Waals surface area contributed by atoms with Crippen molar-refractivity contribution in [3.8, 4) is 22.3 Å². The summed E-state index contributed by atoms with van der Waals surface area (Å²) in [6.07, 6.45) is 0.994. The van der Waals surface area contributed by atoms with Gasteiger partial charge in [-0.3, -0.25) is 0 Å². The fraction of sp³-hybridized carbons (Fsp3) is 0.0256. The zero-order valence-corrected chi connectivity index (χ0v) is 22.1. The van der Waals surface area contributed by atoms with E-state index < -0.39 is 0 Å². The third-order valence-corrected chi connectivity index (χ3v) is 8.27. The van der Waals surface area contributed by atoms with Gasteiger partial charge >= 0.3 is 0 Å². The van der Waals surface area contributed by atoms with Gasteiger partial charge in [-0.2, -0.15) is 0 Å². The molecular weight excluding hydrogens is 482 g/mol.